The van der Waals surface area contributed by atoms with Crippen molar-refractivity contribution in [1.29, 1.82) is 0 Å². The number of aliphatic hydroxyl groups excluding tert-OH is 2. The number of carbonyl (C=O) groups is 10. The lowest BCUT2D eigenvalue weighted by Crippen LogP contribution is -2.60. The number of rotatable bonds is 32. The number of hydrogen-bond acceptors (Lipinski definition) is 14. The Morgan fingerprint density at radius 2 is 1.37 bits per heavy atom. The number of phenolic OH excluding ortho intramolecular Hbond substituents is 1. The summed E-state index contributed by atoms with van der Waals surface area (Å²) in [6.45, 7) is 6.03. The fraction of sp³-hybridized carbons (Fsp3) is 0.450. The van der Waals surface area contributed by atoms with E-state index in [-0.39, 0.29) is 75.7 Å². The third kappa shape index (κ3) is 21.9. The number of nitrogens with one attached hydrogen (secondary N) is 9. The molecule has 1 aromatic heterocycles. The predicted molar refractivity (Wildman–Crippen MR) is 322 cm³/mol. The lowest BCUT2D eigenvalue weighted by atomic mass is 10.0. The molecule has 0 saturated carbocycles. The van der Waals surface area contributed by atoms with Crippen molar-refractivity contribution in [2.75, 3.05) is 20.1 Å². The second-order valence-electron chi connectivity index (χ2n) is 21.9. The van der Waals surface area contributed by atoms with Gasteiger partial charge in [0.05, 0.1) is 24.7 Å². The Morgan fingerprint density at radius 1 is 0.724 bits per heavy atom. The van der Waals surface area contributed by atoms with Crippen LogP contribution >= 0.6 is 0 Å². The van der Waals surface area contributed by atoms with Crippen LogP contribution in [0, 0.1) is 5.92 Å². The van der Waals surface area contributed by atoms with E-state index < -0.39 is 126 Å². The highest BCUT2D eigenvalue weighted by atomic mass is 16.3. The Morgan fingerprint density at radius 3 is 2.01 bits per heavy atom. The molecule has 10 atom stereocenters. The highest BCUT2D eigenvalue weighted by Gasteiger charge is 2.43. The standard InChI is InChI=1S/C60H82N14O13/c1-33(2)25-46(55(83)70-44(18-12-24-65-60(63)64-5)54(82)71-45(53(62)81)28-38-31-66-43-17-10-9-16-42(38)43)69-51(80)19-11-15-39(26-36-13-7-6-8-14-36)68-58(86)52(34(3)75)73-56(84)47(30-50(61)79)72-57(85)49-29-41(78)32-74(49)59(87)48(67-35(4)76)27-37-20-22-40(77)23-21-37/h6-11,13-17,20-23,31,33-34,39,41,44-49,52,66,75,77-78H,12,18-19,24-30,32H2,1-5H3,(H2,61,79)(H2,62,81)(H,67,76)(H,68,86)(H,69,80)(H,70,83)(H,71,82)(H,72,85)(H,73,84)(H3,63,64,65)/t34-,39-,41-,44+,45+,46+,47+,48-,49+,52+/m1/s1. The smallest absolute Gasteiger partial charge is 0.246 e. The number of phenols is 1. The first kappa shape index (κ1) is 68.4. The van der Waals surface area contributed by atoms with Crippen molar-refractivity contribution in [2.24, 2.45) is 28.1 Å². The molecule has 470 valence electrons. The summed E-state index contributed by atoms with van der Waals surface area (Å²) >= 11 is 0. The molecule has 2 heterocycles. The minimum Gasteiger partial charge on any atom is -0.508 e. The Labute approximate surface area is 503 Å². The Hall–Kier alpha value is -9.37. The monoisotopic (exact) mass is 1210 g/mol. The van der Waals surface area contributed by atoms with Crippen LogP contribution in [0.25, 0.3) is 10.9 Å². The van der Waals surface area contributed by atoms with Crippen molar-refractivity contribution in [2.45, 2.75) is 146 Å². The highest BCUT2D eigenvalue weighted by Crippen LogP contribution is 2.23. The van der Waals surface area contributed by atoms with Gasteiger partial charge in [-0.3, -0.25) is 52.9 Å². The zero-order chi connectivity index (χ0) is 63.9. The van der Waals surface area contributed by atoms with Gasteiger partial charge >= 0.3 is 0 Å². The summed E-state index contributed by atoms with van der Waals surface area (Å²) in [6, 6.07) is 11.7. The topological polar surface area (TPSA) is 437 Å². The van der Waals surface area contributed by atoms with Crippen molar-refractivity contribution in [3.63, 3.8) is 0 Å². The maximum atomic E-state index is 14.2. The Balaban J connectivity index is 1.28. The molecule has 10 amide bonds. The van der Waals surface area contributed by atoms with Gasteiger partial charge in [0.25, 0.3) is 0 Å². The molecule has 1 saturated heterocycles. The highest BCUT2D eigenvalue weighted by molar-refractivity contribution is 5.98. The van der Waals surface area contributed by atoms with E-state index in [0.29, 0.717) is 12.0 Å². The average Bonchev–Trinajstić information content (AvgIpc) is 2.36. The number of carbonyl (C=O) groups excluding carboxylic acids is 10. The van der Waals surface area contributed by atoms with Gasteiger partial charge in [0, 0.05) is 69.8 Å². The molecule has 3 aromatic carbocycles. The number of H-pyrrole nitrogens is 1. The molecular weight excluding hydrogens is 1120 g/mol. The number of primary amides is 2. The molecule has 1 fully saturated rings. The van der Waals surface area contributed by atoms with E-state index in [4.69, 9.17) is 17.2 Å². The van der Waals surface area contributed by atoms with Crippen LogP contribution in [0.4, 0.5) is 0 Å². The number of β-amino-alcohol motifs (C(OH)–C–C–N with tert-alkyl or cyclic N) is 1. The van der Waals surface area contributed by atoms with E-state index in [1.165, 1.54) is 57.3 Å². The van der Waals surface area contributed by atoms with Crippen LogP contribution in [-0.4, -0.2) is 171 Å². The first-order valence-electron chi connectivity index (χ1n) is 28.6. The molecule has 27 nitrogen and oxygen atoms in total. The number of nitrogens with two attached hydrogens (primary N) is 3. The molecule has 1 aliphatic heterocycles. The molecule has 0 radical (unpaired) electrons. The summed E-state index contributed by atoms with van der Waals surface area (Å²) in [5, 5.41) is 53.5. The number of guanidine groups is 1. The lowest BCUT2D eigenvalue weighted by Gasteiger charge is -2.30. The van der Waals surface area contributed by atoms with E-state index in [0.717, 1.165) is 26.9 Å². The van der Waals surface area contributed by atoms with Gasteiger partial charge in [0.1, 0.15) is 48.0 Å². The first-order chi connectivity index (χ1) is 41.3. The number of benzene rings is 3. The molecule has 0 spiro atoms. The minimum absolute atomic E-state index is 0.0332. The van der Waals surface area contributed by atoms with Crippen LogP contribution in [0.1, 0.15) is 82.9 Å². The SMILES string of the molecule is CN=C(N)NCCC[C@H](NC(=O)[C@H](CC(C)C)NC(=O)CC=C[C@H](Cc1ccccc1)NC(=O)[C@@H](NC(=O)[C@H](CC(N)=O)NC(=O)[C@@H]1C[C@@H](O)CN1C(=O)[C@@H](Cc1ccc(O)cc1)NC(C)=O)[C@@H](C)O)C(=O)N[C@@H](Cc1c[nH]c2ccccc12)C(N)=O. The number of fused-ring (bicyclic) bond motifs is 1. The van der Waals surface area contributed by atoms with Gasteiger partial charge in [-0.1, -0.05) is 86.7 Å². The number of likely N-dealkylation sites (tertiary alicyclic amines) is 1. The number of para-hydroxylation sites is 1. The molecule has 27 heteroatoms. The minimum atomic E-state index is -1.76. The van der Waals surface area contributed by atoms with Crippen molar-refractivity contribution in [3.8, 4) is 5.75 Å². The molecule has 0 aliphatic carbocycles. The van der Waals surface area contributed by atoms with E-state index in [2.05, 4.69) is 52.5 Å². The largest absolute Gasteiger partial charge is 0.508 e. The Bertz CT molecular complexity index is 3100. The van der Waals surface area contributed by atoms with E-state index in [1.54, 1.807) is 36.5 Å². The van der Waals surface area contributed by atoms with E-state index in [9.17, 15) is 63.3 Å². The second-order valence-corrected chi connectivity index (χ2v) is 21.9. The van der Waals surface area contributed by atoms with Gasteiger partial charge in [-0.25, -0.2) is 0 Å². The zero-order valence-corrected chi connectivity index (χ0v) is 49.4. The fourth-order valence-corrected chi connectivity index (χ4v) is 9.92. The lowest BCUT2D eigenvalue weighted by molar-refractivity contribution is -0.142. The summed E-state index contributed by atoms with van der Waals surface area (Å²) in [5.74, 6) is -8.17. The molecule has 5 rings (SSSR count). The summed E-state index contributed by atoms with van der Waals surface area (Å²) in [4.78, 5) is 143. The summed E-state index contributed by atoms with van der Waals surface area (Å²) in [7, 11) is 1.50. The van der Waals surface area contributed by atoms with Crippen molar-refractivity contribution < 1.29 is 63.3 Å². The average molecular weight is 1210 g/mol. The van der Waals surface area contributed by atoms with Crippen LogP contribution in [0.5, 0.6) is 5.75 Å². The van der Waals surface area contributed by atoms with Gasteiger partial charge < -0.3 is 84.9 Å². The van der Waals surface area contributed by atoms with Gasteiger partial charge in [-0.2, -0.15) is 0 Å². The summed E-state index contributed by atoms with van der Waals surface area (Å²) in [5.41, 5.74) is 19.9. The molecule has 0 unspecified atom stereocenters. The third-order valence-corrected chi connectivity index (χ3v) is 14.3. The quantitative estimate of drug-likeness (QED) is 0.0112. The van der Waals surface area contributed by atoms with Gasteiger partial charge in [0.2, 0.25) is 59.1 Å². The molecule has 4 aromatic rings. The van der Waals surface area contributed by atoms with Gasteiger partial charge in [-0.05, 0) is 73.4 Å². The number of aromatic hydroxyl groups is 1. The molecule has 87 heavy (non-hydrogen) atoms. The van der Waals surface area contributed by atoms with E-state index >= 15 is 0 Å². The maximum Gasteiger partial charge on any atom is 0.246 e. The Kier molecular flexibility index (Phi) is 26.2. The number of amides is 10. The number of aliphatic hydroxyl groups is 2. The fourth-order valence-electron chi connectivity index (χ4n) is 9.92. The van der Waals surface area contributed by atoms with E-state index in [1.807, 2.05) is 38.1 Å². The molecular formula is C60H82N14O13. The second kappa shape index (κ2) is 33.4. The first-order valence-corrected chi connectivity index (χ1v) is 28.6. The molecule has 1 aliphatic rings. The van der Waals surface area contributed by atoms with Crippen LogP contribution in [-0.2, 0) is 67.2 Å². The molecule has 18 N–H and O–H groups in total. The number of aromatic nitrogens is 1. The number of aliphatic imine (C=N–C) groups is 1. The normalized spacial score (nSPS) is 16.9. The number of nitrogens with zero attached hydrogens (tertiary/aromatic N) is 2. The molecule has 0 bridgehead atoms. The van der Waals surface area contributed by atoms with Crippen LogP contribution in [0.3, 0.4) is 0 Å². The van der Waals surface area contributed by atoms with Crippen molar-refractivity contribution >= 4 is 75.9 Å². The summed E-state index contributed by atoms with van der Waals surface area (Å²) < 4.78 is 0. The zero-order valence-electron chi connectivity index (χ0n) is 49.4. The summed E-state index contributed by atoms with van der Waals surface area (Å²) in [6.07, 6.45) is 1.18. The van der Waals surface area contributed by atoms with Crippen LogP contribution < -0.4 is 59.7 Å². The van der Waals surface area contributed by atoms with Gasteiger partial charge in [0.15, 0.2) is 5.96 Å². The van der Waals surface area contributed by atoms with Crippen LogP contribution in [0.2, 0.25) is 0 Å². The maximum absolute atomic E-state index is 14.2. The van der Waals surface area contributed by atoms with Crippen LogP contribution in [0.15, 0.2) is 102 Å². The number of aromatic amines is 1. The third-order valence-electron chi connectivity index (χ3n) is 14.3. The van der Waals surface area contributed by atoms with Crippen molar-refractivity contribution in [3.05, 3.63) is 114 Å². The van der Waals surface area contributed by atoms with Gasteiger partial charge in [-0.15, -0.1) is 0 Å². The number of hydrogen-bond donors (Lipinski definition) is 15. The van der Waals surface area contributed by atoms with Crippen molar-refractivity contribution in [1.82, 2.24) is 52.4 Å². The predicted octanol–water partition coefficient (Wildman–Crippen LogP) is -1.68.